The molecule has 1 fully saturated rings. The predicted molar refractivity (Wildman–Crippen MR) is 121 cm³/mol. The first kappa shape index (κ1) is 21.1. The number of amides is 2. The minimum atomic E-state index is -0.535. The predicted octanol–water partition coefficient (Wildman–Crippen LogP) is 4.78. The number of carbonyl (C=O) groups is 2. The molecule has 7 heteroatoms. The second-order valence-corrected chi connectivity index (χ2v) is 8.79. The fourth-order valence-electron chi connectivity index (χ4n) is 3.72. The van der Waals surface area contributed by atoms with E-state index in [-0.39, 0.29) is 12.5 Å². The van der Waals surface area contributed by atoms with Gasteiger partial charge in [0.05, 0.1) is 0 Å². The van der Waals surface area contributed by atoms with Crippen molar-refractivity contribution in [3.8, 4) is 0 Å². The van der Waals surface area contributed by atoms with E-state index < -0.39 is 12.1 Å². The number of thiazole rings is 1. The fraction of sp³-hybridized carbons (Fsp3) is 0.292. The summed E-state index contributed by atoms with van der Waals surface area (Å²) in [7, 11) is 0. The summed E-state index contributed by atoms with van der Waals surface area (Å²) >= 11 is 1.46. The molecule has 1 atom stereocenters. The molecule has 4 rings (SSSR count). The largest absolute Gasteiger partial charge is 0.445 e. The van der Waals surface area contributed by atoms with Gasteiger partial charge in [-0.1, -0.05) is 60.2 Å². The van der Waals surface area contributed by atoms with Crippen LogP contribution in [0.1, 0.15) is 34.4 Å². The maximum atomic E-state index is 12.8. The quantitative estimate of drug-likeness (QED) is 0.605. The number of benzene rings is 2. The van der Waals surface area contributed by atoms with Gasteiger partial charge in [-0.05, 0) is 30.9 Å². The molecule has 1 unspecified atom stereocenters. The Labute approximate surface area is 185 Å². The van der Waals surface area contributed by atoms with E-state index >= 15 is 0 Å². The van der Waals surface area contributed by atoms with Crippen molar-refractivity contribution in [2.75, 3.05) is 11.9 Å². The minimum absolute atomic E-state index is 0.194. The Morgan fingerprint density at radius 2 is 1.97 bits per heavy atom. The highest BCUT2D eigenvalue weighted by molar-refractivity contribution is 7.15. The number of carbonyl (C=O) groups excluding carboxylic acids is 2. The second-order valence-electron chi connectivity index (χ2n) is 7.68. The van der Waals surface area contributed by atoms with Crippen LogP contribution in [0.5, 0.6) is 0 Å². The third-order valence-electron chi connectivity index (χ3n) is 5.24. The van der Waals surface area contributed by atoms with Gasteiger partial charge < -0.3 is 10.1 Å². The Kier molecular flexibility index (Phi) is 6.62. The van der Waals surface area contributed by atoms with Gasteiger partial charge in [-0.3, -0.25) is 9.69 Å². The molecule has 1 aromatic heterocycles. The van der Waals surface area contributed by atoms with Crippen LogP contribution < -0.4 is 5.32 Å². The highest BCUT2D eigenvalue weighted by atomic mass is 32.1. The zero-order valence-electron chi connectivity index (χ0n) is 17.4. The number of nitrogens with zero attached hydrogens (tertiary/aromatic N) is 2. The lowest BCUT2D eigenvalue weighted by atomic mass is 10.1. The number of ether oxygens (including phenoxy) is 1. The van der Waals surface area contributed by atoms with Gasteiger partial charge in [-0.15, -0.1) is 11.3 Å². The average Bonchev–Trinajstić information content (AvgIpc) is 3.42. The molecule has 2 amide bonds. The lowest BCUT2D eigenvalue weighted by Crippen LogP contribution is -2.43. The first-order valence-electron chi connectivity index (χ1n) is 10.4. The lowest BCUT2D eigenvalue weighted by Gasteiger charge is -2.22. The first-order valence-corrected chi connectivity index (χ1v) is 11.2. The van der Waals surface area contributed by atoms with Crippen molar-refractivity contribution in [2.24, 2.45) is 0 Å². The van der Waals surface area contributed by atoms with Gasteiger partial charge in [0.1, 0.15) is 12.6 Å². The Balaban J connectivity index is 1.33. The van der Waals surface area contributed by atoms with Gasteiger partial charge in [-0.25, -0.2) is 9.78 Å². The number of hydrogen-bond donors (Lipinski definition) is 1. The molecule has 1 N–H and O–H groups in total. The van der Waals surface area contributed by atoms with Crippen molar-refractivity contribution in [2.45, 2.75) is 38.8 Å². The van der Waals surface area contributed by atoms with E-state index in [2.05, 4.69) is 35.4 Å². The van der Waals surface area contributed by atoms with Crippen molar-refractivity contribution < 1.29 is 14.3 Å². The molecule has 2 aromatic carbocycles. The van der Waals surface area contributed by atoms with Crippen molar-refractivity contribution >= 4 is 28.5 Å². The van der Waals surface area contributed by atoms with Crippen molar-refractivity contribution in [3.63, 3.8) is 0 Å². The lowest BCUT2D eigenvalue weighted by molar-refractivity contribution is -0.120. The van der Waals surface area contributed by atoms with Crippen molar-refractivity contribution in [1.82, 2.24) is 9.88 Å². The second kappa shape index (κ2) is 9.75. The van der Waals surface area contributed by atoms with Crippen LogP contribution in [0.2, 0.25) is 0 Å². The standard InChI is InChI=1S/C24H25N3O3S/c1-17-7-5-10-19(13-17)14-20-15-25-23(31-20)26-22(28)21-11-6-12-27(21)24(29)30-16-18-8-3-2-4-9-18/h2-5,7-10,13,15,21H,6,11-12,14,16H2,1H3,(H,25,26,28). The summed E-state index contributed by atoms with van der Waals surface area (Å²) in [6.07, 6.45) is 3.50. The molecule has 0 spiro atoms. The van der Waals surface area contributed by atoms with E-state index in [0.29, 0.717) is 18.1 Å². The van der Waals surface area contributed by atoms with E-state index in [9.17, 15) is 9.59 Å². The molecule has 160 valence electrons. The van der Waals surface area contributed by atoms with Gasteiger partial charge in [0, 0.05) is 24.0 Å². The highest BCUT2D eigenvalue weighted by Crippen LogP contribution is 2.24. The monoisotopic (exact) mass is 435 g/mol. The summed E-state index contributed by atoms with van der Waals surface area (Å²) in [4.78, 5) is 32.3. The summed E-state index contributed by atoms with van der Waals surface area (Å²) in [5.41, 5.74) is 3.35. The fourth-order valence-corrected chi connectivity index (χ4v) is 4.57. The van der Waals surface area contributed by atoms with Gasteiger partial charge in [0.15, 0.2) is 5.13 Å². The van der Waals surface area contributed by atoms with Crippen molar-refractivity contribution in [3.05, 3.63) is 82.4 Å². The van der Waals surface area contributed by atoms with Crippen LogP contribution in [0, 0.1) is 6.92 Å². The number of hydrogen-bond acceptors (Lipinski definition) is 5. The van der Waals surface area contributed by atoms with E-state index in [4.69, 9.17) is 4.74 Å². The maximum Gasteiger partial charge on any atom is 0.410 e. The first-order chi connectivity index (χ1) is 15.1. The van der Waals surface area contributed by atoms with Crippen LogP contribution in [-0.2, 0) is 22.6 Å². The Morgan fingerprint density at radius 1 is 1.16 bits per heavy atom. The summed E-state index contributed by atoms with van der Waals surface area (Å²) in [6, 6.07) is 17.3. The number of likely N-dealkylation sites (tertiary alicyclic amines) is 1. The van der Waals surface area contributed by atoms with Crippen LogP contribution >= 0.6 is 11.3 Å². The normalized spacial score (nSPS) is 15.6. The van der Waals surface area contributed by atoms with E-state index in [1.54, 1.807) is 6.20 Å². The highest BCUT2D eigenvalue weighted by Gasteiger charge is 2.35. The van der Waals surface area contributed by atoms with Crippen LogP contribution in [0.3, 0.4) is 0 Å². The smallest absolute Gasteiger partial charge is 0.410 e. The van der Waals surface area contributed by atoms with Crippen LogP contribution in [0.15, 0.2) is 60.8 Å². The number of nitrogens with one attached hydrogen (secondary N) is 1. The summed E-state index contributed by atoms with van der Waals surface area (Å²) in [5, 5.41) is 3.43. The van der Waals surface area contributed by atoms with Crippen LogP contribution in [-0.4, -0.2) is 34.5 Å². The number of aromatic nitrogens is 1. The SMILES string of the molecule is Cc1cccc(Cc2cnc(NC(=O)C3CCCN3C(=O)OCc3ccccc3)s2)c1. The Morgan fingerprint density at radius 3 is 2.77 bits per heavy atom. The van der Waals surface area contributed by atoms with Crippen LogP contribution in [0.25, 0.3) is 0 Å². The molecule has 2 heterocycles. The molecule has 1 saturated heterocycles. The summed E-state index contributed by atoms with van der Waals surface area (Å²) < 4.78 is 5.42. The average molecular weight is 436 g/mol. The molecule has 3 aromatic rings. The molecular formula is C24H25N3O3S. The molecular weight excluding hydrogens is 410 g/mol. The van der Waals surface area contributed by atoms with Crippen molar-refractivity contribution in [1.29, 1.82) is 0 Å². The number of anilines is 1. The third kappa shape index (κ3) is 5.49. The molecule has 0 radical (unpaired) electrons. The number of rotatable bonds is 6. The van der Waals surface area contributed by atoms with Crippen LogP contribution in [0.4, 0.5) is 9.93 Å². The molecule has 0 aliphatic carbocycles. The van der Waals surface area contributed by atoms with Gasteiger partial charge in [0.2, 0.25) is 5.91 Å². The third-order valence-corrected chi connectivity index (χ3v) is 6.15. The topological polar surface area (TPSA) is 71.5 Å². The molecule has 31 heavy (non-hydrogen) atoms. The minimum Gasteiger partial charge on any atom is -0.445 e. The van der Waals surface area contributed by atoms with E-state index in [0.717, 1.165) is 23.3 Å². The molecule has 1 aliphatic heterocycles. The Bertz CT molecular complexity index is 1050. The molecule has 0 bridgehead atoms. The maximum absolute atomic E-state index is 12.8. The molecule has 6 nitrogen and oxygen atoms in total. The van der Waals surface area contributed by atoms with Gasteiger partial charge in [0.25, 0.3) is 0 Å². The summed E-state index contributed by atoms with van der Waals surface area (Å²) in [5.74, 6) is -0.217. The molecule has 1 aliphatic rings. The van der Waals surface area contributed by atoms with E-state index in [1.165, 1.54) is 27.4 Å². The summed E-state index contributed by atoms with van der Waals surface area (Å²) in [6.45, 7) is 2.78. The van der Waals surface area contributed by atoms with Gasteiger partial charge >= 0.3 is 6.09 Å². The number of aryl methyl sites for hydroxylation is 1. The van der Waals surface area contributed by atoms with E-state index in [1.807, 2.05) is 36.4 Å². The zero-order chi connectivity index (χ0) is 21.6. The zero-order valence-corrected chi connectivity index (χ0v) is 18.2. The Hall–Kier alpha value is -3.19. The van der Waals surface area contributed by atoms with Gasteiger partial charge in [-0.2, -0.15) is 0 Å². The molecule has 0 saturated carbocycles.